The highest BCUT2D eigenvalue weighted by atomic mass is 35.5. The molecule has 9 heteroatoms. The Labute approximate surface area is 142 Å². The fourth-order valence-electron chi connectivity index (χ4n) is 2.18. The van der Waals surface area contributed by atoms with E-state index in [1.54, 1.807) is 30.3 Å². The maximum atomic E-state index is 12.9. The van der Waals surface area contributed by atoms with E-state index in [0.29, 0.717) is 5.56 Å². The minimum atomic E-state index is -4.14. The fourth-order valence-corrected chi connectivity index (χ4v) is 3.99. The van der Waals surface area contributed by atoms with Crippen molar-refractivity contribution >= 4 is 27.3 Å². The van der Waals surface area contributed by atoms with E-state index < -0.39 is 14.9 Å². The molecule has 0 N–H and O–H groups in total. The third-order valence-electron chi connectivity index (χ3n) is 3.30. The normalized spacial score (nSPS) is 11.4. The molecule has 0 spiro atoms. The van der Waals surface area contributed by atoms with Gasteiger partial charge in [0.25, 0.3) is 15.7 Å². The summed E-state index contributed by atoms with van der Waals surface area (Å²) < 4.78 is 26.8. The highest BCUT2D eigenvalue weighted by Gasteiger charge is 2.26. The molecule has 1 heterocycles. The smallest absolute Gasteiger partial charge is 0.258 e. The van der Waals surface area contributed by atoms with Crippen molar-refractivity contribution in [1.82, 2.24) is 8.96 Å². The third-order valence-corrected chi connectivity index (χ3v) is 5.45. The van der Waals surface area contributed by atoms with Crippen LogP contribution >= 0.6 is 11.6 Å². The number of aromatic nitrogens is 2. The summed E-state index contributed by atoms with van der Waals surface area (Å²) >= 11 is 5.97. The molecule has 3 rings (SSSR count). The van der Waals surface area contributed by atoms with Crippen molar-refractivity contribution in [3.05, 3.63) is 76.1 Å². The average Bonchev–Trinajstić information content (AvgIpc) is 3.06. The number of rotatable bonds is 4. The second-order valence-electron chi connectivity index (χ2n) is 4.79. The molecule has 0 fully saturated rings. The maximum absolute atomic E-state index is 12.9. The van der Waals surface area contributed by atoms with Crippen LogP contribution in [0.2, 0.25) is 5.02 Å². The molecule has 2 aromatic carbocycles. The van der Waals surface area contributed by atoms with Crippen molar-refractivity contribution in [2.75, 3.05) is 0 Å². The van der Waals surface area contributed by atoms with Crippen LogP contribution in [0, 0.1) is 10.1 Å². The molecule has 1 aromatic heterocycles. The van der Waals surface area contributed by atoms with Crippen molar-refractivity contribution < 1.29 is 13.3 Å². The lowest BCUT2D eigenvalue weighted by atomic mass is 10.2. The van der Waals surface area contributed by atoms with E-state index in [1.165, 1.54) is 18.5 Å². The van der Waals surface area contributed by atoms with Crippen molar-refractivity contribution in [2.24, 2.45) is 0 Å². The lowest BCUT2D eigenvalue weighted by molar-refractivity contribution is -0.385. The van der Waals surface area contributed by atoms with Crippen LogP contribution in [0.3, 0.4) is 0 Å². The van der Waals surface area contributed by atoms with Crippen LogP contribution in [0.4, 0.5) is 5.69 Å². The Hall–Kier alpha value is -2.71. The molecule has 3 aromatic rings. The summed E-state index contributed by atoms with van der Waals surface area (Å²) in [6.45, 7) is 0. The first-order chi connectivity index (χ1) is 11.4. The zero-order valence-corrected chi connectivity index (χ0v) is 13.6. The SMILES string of the molecule is O=[N+]([O-])c1ccc(Cl)c(S(=O)(=O)n2ccnc2-c2ccccc2)c1. The predicted octanol–water partition coefficient (Wildman–Crippen LogP) is 3.35. The van der Waals surface area contributed by atoms with E-state index in [9.17, 15) is 18.5 Å². The number of nitro groups is 1. The largest absolute Gasteiger partial charge is 0.271 e. The van der Waals surface area contributed by atoms with Crippen molar-refractivity contribution in [3.8, 4) is 11.4 Å². The van der Waals surface area contributed by atoms with Gasteiger partial charge in [0.05, 0.1) is 9.95 Å². The van der Waals surface area contributed by atoms with E-state index in [1.807, 2.05) is 0 Å². The lowest BCUT2D eigenvalue weighted by Crippen LogP contribution is -2.14. The molecule has 24 heavy (non-hydrogen) atoms. The number of nitrogens with zero attached hydrogens (tertiary/aromatic N) is 3. The van der Waals surface area contributed by atoms with Gasteiger partial charge in [0.15, 0.2) is 5.82 Å². The van der Waals surface area contributed by atoms with Crippen LogP contribution in [-0.4, -0.2) is 22.3 Å². The van der Waals surface area contributed by atoms with Gasteiger partial charge in [0.1, 0.15) is 4.90 Å². The standard InChI is InChI=1S/C15H10ClN3O4S/c16-13-7-6-12(19(20)21)10-14(13)24(22,23)18-9-8-17-15(18)11-4-2-1-3-5-11/h1-10H. The van der Waals surface area contributed by atoms with Crippen LogP contribution < -0.4 is 0 Å². The number of hydrogen-bond donors (Lipinski definition) is 0. The number of nitro benzene ring substituents is 1. The minimum absolute atomic E-state index is 0.103. The summed E-state index contributed by atoms with van der Waals surface area (Å²) in [6.07, 6.45) is 2.61. The summed E-state index contributed by atoms with van der Waals surface area (Å²) in [5, 5.41) is 10.8. The molecule has 0 saturated carbocycles. The van der Waals surface area contributed by atoms with E-state index in [0.717, 1.165) is 16.1 Å². The second-order valence-corrected chi connectivity index (χ2v) is 6.98. The first-order valence-corrected chi connectivity index (χ1v) is 8.51. The summed E-state index contributed by atoms with van der Waals surface area (Å²) in [7, 11) is -4.14. The van der Waals surface area contributed by atoms with Crippen LogP contribution in [0.5, 0.6) is 0 Å². The van der Waals surface area contributed by atoms with E-state index >= 15 is 0 Å². The Morgan fingerprint density at radius 1 is 1.12 bits per heavy atom. The van der Waals surface area contributed by atoms with Gasteiger partial charge in [-0.2, -0.15) is 0 Å². The number of non-ortho nitro benzene ring substituents is 1. The Morgan fingerprint density at radius 2 is 1.83 bits per heavy atom. The van der Waals surface area contributed by atoms with Gasteiger partial charge >= 0.3 is 0 Å². The Kier molecular flexibility index (Phi) is 4.08. The Morgan fingerprint density at radius 3 is 2.50 bits per heavy atom. The number of imidazole rings is 1. The number of halogens is 1. The van der Waals surface area contributed by atoms with Crippen molar-refractivity contribution in [1.29, 1.82) is 0 Å². The quantitative estimate of drug-likeness (QED) is 0.523. The summed E-state index contributed by atoms with van der Waals surface area (Å²) in [6, 6.07) is 12.0. The van der Waals surface area contributed by atoms with Gasteiger partial charge < -0.3 is 0 Å². The summed E-state index contributed by atoms with van der Waals surface area (Å²) in [5.41, 5.74) is 0.229. The lowest BCUT2D eigenvalue weighted by Gasteiger charge is -2.10. The fraction of sp³-hybridized carbons (Fsp3) is 0. The van der Waals surface area contributed by atoms with Gasteiger partial charge in [-0.3, -0.25) is 10.1 Å². The molecule has 7 nitrogen and oxygen atoms in total. The molecule has 0 amide bonds. The number of hydrogen-bond acceptors (Lipinski definition) is 5. The summed E-state index contributed by atoms with van der Waals surface area (Å²) in [5.74, 6) is 0.193. The van der Waals surface area contributed by atoms with E-state index in [-0.39, 0.29) is 21.4 Å². The first kappa shape index (κ1) is 16.2. The van der Waals surface area contributed by atoms with E-state index in [4.69, 9.17) is 11.6 Å². The zero-order chi connectivity index (χ0) is 17.3. The summed E-state index contributed by atoms with van der Waals surface area (Å²) in [4.78, 5) is 14.0. The molecule has 0 radical (unpaired) electrons. The highest BCUT2D eigenvalue weighted by Crippen LogP contribution is 2.30. The molecular weight excluding hydrogens is 354 g/mol. The monoisotopic (exact) mass is 363 g/mol. The topological polar surface area (TPSA) is 95.1 Å². The van der Waals surface area contributed by atoms with Gasteiger partial charge in [-0.25, -0.2) is 17.4 Å². The van der Waals surface area contributed by atoms with Crippen LogP contribution in [0.15, 0.2) is 65.8 Å². The molecule has 0 aliphatic heterocycles. The van der Waals surface area contributed by atoms with Crippen molar-refractivity contribution in [2.45, 2.75) is 4.90 Å². The molecule has 0 saturated heterocycles. The number of benzene rings is 2. The van der Waals surface area contributed by atoms with Gasteiger partial charge in [-0.15, -0.1) is 0 Å². The molecule has 0 bridgehead atoms. The second kappa shape index (κ2) is 6.06. The Bertz CT molecular complexity index is 1020. The third kappa shape index (κ3) is 2.77. The van der Waals surface area contributed by atoms with Gasteiger partial charge in [0, 0.05) is 30.1 Å². The first-order valence-electron chi connectivity index (χ1n) is 6.69. The predicted molar refractivity (Wildman–Crippen MR) is 88.4 cm³/mol. The highest BCUT2D eigenvalue weighted by molar-refractivity contribution is 7.90. The maximum Gasteiger partial charge on any atom is 0.271 e. The van der Waals surface area contributed by atoms with Gasteiger partial charge in [-0.05, 0) is 6.07 Å². The van der Waals surface area contributed by atoms with Crippen LogP contribution in [0.25, 0.3) is 11.4 Å². The molecule has 0 aliphatic rings. The van der Waals surface area contributed by atoms with E-state index in [2.05, 4.69) is 4.98 Å². The zero-order valence-electron chi connectivity index (χ0n) is 12.0. The van der Waals surface area contributed by atoms with Crippen molar-refractivity contribution in [3.63, 3.8) is 0 Å². The average molecular weight is 364 g/mol. The minimum Gasteiger partial charge on any atom is -0.258 e. The molecule has 0 atom stereocenters. The van der Waals surface area contributed by atoms with Gasteiger partial charge in [0.2, 0.25) is 0 Å². The Balaban J connectivity index is 2.19. The molecule has 122 valence electrons. The molecule has 0 aliphatic carbocycles. The van der Waals surface area contributed by atoms with Gasteiger partial charge in [-0.1, -0.05) is 41.9 Å². The molecular formula is C15H10ClN3O4S. The van der Waals surface area contributed by atoms with Crippen LogP contribution in [-0.2, 0) is 10.0 Å². The molecule has 0 unspecified atom stereocenters. The van der Waals surface area contributed by atoms with Crippen LogP contribution in [0.1, 0.15) is 0 Å².